The summed E-state index contributed by atoms with van der Waals surface area (Å²) in [5.74, 6) is -1.83. The van der Waals surface area contributed by atoms with E-state index >= 15 is 0 Å². The SMILES string of the molecule is O=C1C(=O)N(Cc2cccnc2)C(c2ccc(Cl)cc2)/C1=C(/O)c1ccc(Cl)c(Cl)c1. The molecule has 1 fully saturated rings. The van der Waals surface area contributed by atoms with E-state index in [1.807, 2.05) is 6.07 Å². The van der Waals surface area contributed by atoms with Crippen LogP contribution in [0, 0.1) is 0 Å². The summed E-state index contributed by atoms with van der Waals surface area (Å²) in [5.41, 5.74) is 1.63. The molecular formula is C23H15Cl3N2O3. The van der Waals surface area contributed by atoms with Gasteiger partial charge < -0.3 is 10.0 Å². The van der Waals surface area contributed by atoms with E-state index in [2.05, 4.69) is 4.98 Å². The summed E-state index contributed by atoms with van der Waals surface area (Å²) in [7, 11) is 0. The van der Waals surface area contributed by atoms with Crippen LogP contribution in [0.2, 0.25) is 15.1 Å². The summed E-state index contributed by atoms with van der Waals surface area (Å²) >= 11 is 18.1. The first-order valence-corrected chi connectivity index (χ1v) is 10.4. The molecule has 2 heterocycles. The highest BCUT2D eigenvalue weighted by molar-refractivity contribution is 6.46. The zero-order chi connectivity index (χ0) is 22.1. The molecule has 0 aliphatic carbocycles. The second kappa shape index (κ2) is 8.71. The molecule has 3 aromatic rings. The van der Waals surface area contributed by atoms with Gasteiger partial charge in [-0.05, 0) is 47.5 Å². The Balaban J connectivity index is 1.87. The fourth-order valence-electron chi connectivity index (χ4n) is 3.52. The van der Waals surface area contributed by atoms with Crippen LogP contribution in [0.1, 0.15) is 22.7 Å². The number of benzene rings is 2. The topological polar surface area (TPSA) is 70.5 Å². The van der Waals surface area contributed by atoms with E-state index in [0.29, 0.717) is 15.6 Å². The first-order chi connectivity index (χ1) is 14.9. The quantitative estimate of drug-likeness (QED) is 0.301. The Morgan fingerprint density at radius 1 is 1.00 bits per heavy atom. The monoisotopic (exact) mass is 472 g/mol. The number of carbonyl (C=O) groups is 2. The van der Waals surface area contributed by atoms with E-state index in [0.717, 1.165) is 5.56 Å². The third kappa shape index (κ3) is 4.17. The lowest BCUT2D eigenvalue weighted by Crippen LogP contribution is -2.29. The van der Waals surface area contributed by atoms with Crippen molar-refractivity contribution in [1.82, 2.24) is 9.88 Å². The normalized spacial score (nSPS) is 17.9. The van der Waals surface area contributed by atoms with Gasteiger partial charge in [-0.25, -0.2) is 0 Å². The smallest absolute Gasteiger partial charge is 0.295 e. The number of ketones is 1. The number of likely N-dealkylation sites (tertiary alicyclic amines) is 1. The number of aromatic nitrogens is 1. The van der Waals surface area contributed by atoms with Crippen LogP contribution < -0.4 is 0 Å². The predicted octanol–water partition coefficient (Wildman–Crippen LogP) is 5.66. The Hall–Kier alpha value is -2.86. The van der Waals surface area contributed by atoms with Crippen LogP contribution in [-0.4, -0.2) is 26.7 Å². The number of carbonyl (C=O) groups excluding carboxylic acids is 2. The summed E-state index contributed by atoms with van der Waals surface area (Å²) in [6, 6.07) is 14.0. The van der Waals surface area contributed by atoms with Gasteiger partial charge >= 0.3 is 0 Å². The van der Waals surface area contributed by atoms with Crippen molar-refractivity contribution < 1.29 is 14.7 Å². The van der Waals surface area contributed by atoms with Crippen molar-refractivity contribution in [3.05, 3.63) is 104 Å². The molecule has 1 atom stereocenters. The number of aliphatic hydroxyl groups excluding tert-OH is 1. The Kier molecular flexibility index (Phi) is 6.01. The Bertz CT molecular complexity index is 1190. The minimum absolute atomic E-state index is 0.0328. The molecule has 4 rings (SSSR count). The number of hydrogen-bond acceptors (Lipinski definition) is 4. The van der Waals surface area contributed by atoms with E-state index in [1.165, 1.54) is 23.1 Å². The van der Waals surface area contributed by atoms with Gasteiger partial charge in [0, 0.05) is 29.5 Å². The van der Waals surface area contributed by atoms with Crippen LogP contribution in [-0.2, 0) is 16.1 Å². The fourth-order valence-corrected chi connectivity index (χ4v) is 3.95. The van der Waals surface area contributed by atoms with Gasteiger partial charge in [-0.2, -0.15) is 0 Å². The number of pyridine rings is 1. The molecule has 0 bridgehead atoms. The highest BCUT2D eigenvalue weighted by atomic mass is 35.5. The average Bonchev–Trinajstić information content (AvgIpc) is 3.01. The molecule has 31 heavy (non-hydrogen) atoms. The molecule has 156 valence electrons. The molecule has 1 aromatic heterocycles. The number of aliphatic hydroxyl groups is 1. The average molecular weight is 474 g/mol. The largest absolute Gasteiger partial charge is 0.507 e. The number of hydrogen-bond donors (Lipinski definition) is 1. The number of amides is 1. The standard InChI is InChI=1S/C23H15Cl3N2O3/c24-16-6-3-14(4-7-16)20-19(21(29)15-5-8-17(25)18(26)10-15)22(30)23(31)28(20)12-13-2-1-9-27-11-13/h1-11,20,29H,12H2/b21-19-. The van der Waals surface area contributed by atoms with Crippen molar-refractivity contribution in [3.63, 3.8) is 0 Å². The van der Waals surface area contributed by atoms with Crippen LogP contribution in [0.15, 0.2) is 72.6 Å². The van der Waals surface area contributed by atoms with E-state index in [4.69, 9.17) is 34.8 Å². The van der Waals surface area contributed by atoms with Crippen LogP contribution >= 0.6 is 34.8 Å². The molecule has 1 amide bonds. The number of halogens is 3. The Morgan fingerprint density at radius 3 is 2.39 bits per heavy atom. The molecular weight excluding hydrogens is 459 g/mol. The van der Waals surface area contributed by atoms with Crippen molar-refractivity contribution in [3.8, 4) is 0 Å². The molecule has 1 N–H and O–H groups in total. The van der Waals surface area contributed by atoms with Crippen molar-refractivity contribution in [2.24, 2.45) is 0 Å². The Morgan fingerprint density at radius 2 is 1.74 bits per heavy atom. The number of Topliss-reactive ketones (excluding diaryl/α,β-unsaturated/α-hetero) is 1. The lowest BCUT2D eigenvalue weighted by molar-refractivity contribution is -0.140. The maximum atomic E-state index is 13.0. The third-order valence-electron chi connectivity index (χ3n) is 4.99. The van der Waals surface area contributed by atoms with Gasteiger partial charge in [0.15, 0.2) is 0 Å². The highest BCUT2D eigenvalue weighted by Gasteiger charge is 2.46. The maximum Gasteiger partial charge on any atom is 0.295 e. The number of rotatable bonds is 4. The third-order valence-corrected chi connectivity index (χ3v) is 5.99. The molecule has 0 radical (unpaired) electrons. The van der Waals surface area contributed by atoms with Crippen molar-refractivity contribution in [2.75, 3.05) is 0 Å². The van der Waals surface area contributed by atoms with Crippen LogP contribution in [0.25, 0.3) is 5.76 Å². The lowest BCUT2D eigenvalue weighted by atomic mass is 9.95. The van der Waals surface area contributed by atoms with Crippen LogP contribution in [0.5, 0.6) is 0 Å². The molecule has 1 unspecified atom stereocenters. The van der Waals surface area contributed by atoms with E-state index in [9.17, 15) is 14.7 Å². The fraction of sp³-hybridized carbons (Fsp3) is 0.0870. The highest BCUT2D eigenvalue weighted by Crippen LogP contribution is 2.41. The number of nitrogens with zero attached hydrogens (tertiary/aromatic N) is 2. The molecule has 1 aliphatic rings. The van der Waals surface area contributed by atoms with Crippen LogP contribution in [0.3, 0.4) is 0 Å². The first-order valence-electron chi connectivity index (χ1n) is 9.25. The van der Waals surface area contributed by atoms with Crippen molar-refractivity contribution >= 4 is 52.3 Å². The molecule has 0 spiro atoms. The van der Waals surface area contributed by atoms with Gasteiger partial charge in [0.05, 0.1) is 21.7 Å². The van der Waals surface area contributed by atoms with Gasteiger partial charge in [0.2, 0.25) is 0 Å². The summed E-state index contributed by atoms with van der Waals surface area (Å²) in [6.07, 6.45) is 3.25. The molecule has 8 heteroatoms. The molecule has 1 saturated heterocycles. The Labute approximate surface area is 193 Å². The summed E-state index contributed by atoms with van der Waals surface area (Å²) in [4.78, 5) is 31.5. The predicted molar refractivity (Wildman–Crippen MR) is 120 cm³/mol. The van der Waals surface area contributed by atoms with Gasteiger partial charge in [-0.1, -0.05) is 53.0 Å². The van der Waals surface area contributed by atoms with E-state index in [-0.39, 0.29) is 28.5 Å². The second-order valence-electron chi connectivity index (χ2n) is 6.97. The van der Waals surface area contributed by atoms with Crippen LogP contribution in [0.4, 0.5) is 0 Å². The van der Waals surface area contributed by atoms with E-state index < -0.39 is 17.7 Å². The van der Waals surface area contributed by atoms with E-state index in [1.54, 1.807) is 42.7 Å². The van der Waals surface area contributed by atoms with Crippen molar-refractivity contribution in [2.45, 2.75) is 12.6 Å². The minimum atomic E-state index is -0.813. The zero-order valence-corrected chi connectivity index (χ0v) is 18.2. The van der Waals surface area contributed by atoms with Crippen molar-refractivity contribution in [1.29, 1.82) is 0 Å². The van der Waals surface area contributed by atoms with Gasteiger partial charge in [0.25, 0.3) is 11.7 Å². The molecule has 5 nitrogen and oxygen atoms in total. The minimum Gasteiger partial charge on any atom is -0.507 e. The second-order valence-corrected chi connectivity index (χ2v) is 8.22. The summed E-state index contributed by atoms with van der Waals surface area (Å²) in [6.45, 7) is 0.143. The summed E-state index contributed by atoms with van der Waals surface area (Å²) < 4.78 is 0. The summed E-state index contributed by atoms with van der Waals surface area (Å²) in [5, 5.41) is 12.1. The molecule has 1 aliphatic heterocycles. The van der Waals surface area contributed by atoms with Gasteiger partial charge in [0.1, 0.15) is 5.76 Å². The lowest BCUT2D eigenvalue weighted by Gasteiger charge is -2.25. The molecule has 0 saturated carbocycles. The zero-order valence-electron chi connectivity index (χ0n) is 15.9. The first kappa shape index (κ1) is 21.4. The molecule has 2 aromatic carbocycles. The maximum absolute atomic E-state index is 13.0. The van der Waals surface area contributed by atoms with Gasteiger partial charge in [-0.3, -0.25) is 14.6 Å². The van der Waals surface area contributed by atoms with Gasteiger partial charge in [-0.15, -0.1) is 0 Å².